The largest absolute Gasteiger partial charge is 0.490 e. The number of hydrogen-bond acceptors (Lipinski definition) is 7. The normalized spacial score (nSPS) is 11.9. The molecule has 0 bridgehead atoms. The van der Waals surface area contributed by atoms with Crippen molar-refractivity contribution in [2.75, 3.05) is 46.8 Å². The summed E-state index contributed by atoms with van der Waals surface area (Å²) in [6.07, 6.45) is 56.5. The van der Waals surface area contributed by atoms with Gasteiger partial charge in [-0.1, -0.05) is 285 Å². The lowest BCUT2D eigenvalue weighted by molar-refractivity contribution is 0.0592. The molecule has 7 heteroatoms. The number of aliphatic hydroxyl groups excluding tert-OH is 1. The zero-order chi connectivity index (χ0) is 50.6. The van der Waals surface area contributed by atoms with Crippen LogP contribution in [-0.4, -0.2) is 57.8 Å². The van der Waals surface area contributed by atoms with Crippen LogP contribution in [0.1, 0.15) is 332 Å². The molecule has 0 spiro atoms. The van der Waals surface area contributed by atoms with Gasteiger partial charge in [0, 0.05) is 18.1 Å². The highest BCUT2D eigenvalue weighted by molar-refractivity contribution is 5.93. The molecule has 0 fully saturated rings. The molecular weight excluding hydrogens is 869 g/mol. The highest BCUT2D eigenvalue weighted by atomic mass is 16.5. The summed E-state index contributed by atoms with van der Waals surface area (Å²) in [7, 11) is 1.42. The van der Waals surface area contributed by atoms with Crippen molar-refractivity contribution in [2.45, 2.75) is 316 Å². The van der Waals surface area contributed by atoms with Crippen LogP contribution in [0.3, 0.4) is 0 Å². The molecule has 0 radical (unpaired) electrons. The molecule has 0 amide bonds. The van der Waals surface area contributed by atoms with Gasteiger partial charge in [0.2, 0.25) is 5.75 Å². The van der Waals surface area contributed by atoms with Crippen molar-refractivity contribution in [3.05, 3.63) is 17.2 Å². The van der Waals surface area contributed by atoms with Crippen LogP contribution in [0.2, 0.25) is 0 Å². The Kier molecular flexibility index (Phi) is 48.9. The zero-order valence-corrected chi connectivity index (χ0v) is 47.4. The summed E-state index contributed by atoms with van der Waals surface area (Å²) < 4.78 is 31.7. The predicted molar refractivity (Wildman–Crippen MR) is 301 cm³/mol. The Morgan fingerprint density at radius 1 is 0.400 bits per heavy atom. The molecule has 1 unspecified atom stereocenters. The number of ether oxygens (including phenoxy) is 5. The Bertz CT molecular complexity index is 1250. The third-order valence-corrected chi connectivity index (χ3v) is 14.5. The van der Waals surface area contributed by atoms with E-state index < -0.39 is 11.9 Å². The van der Waals surface area contributed by atoms with Crippen molar-refractivity contribution >= 4 is 5.97 Å². The molecule has 70 heavy (non-hydrogen) atoms. The first-order valence-electron chi connectivity index (χ1n) is 30.9. The first-order valence-corrected chi connectivity index (χ1v) is 30.9. The van der Waals surface area contributed by atoms with E-state index in [1.165, 1.54) is 238 Å². The minimum Gasteiger partial charge on any atom is -0.490 e. The molecule has 0 saturated heterocycles. The fourth-order valence-electron chi connectivity index (χ4n) is 9.82. The number of benzene rings is 1. The Balaban J connectivity index is 3.03. The highest BCUT2D eigenvalue weighted by Crippen LogP contribution is 2.46. The van der Waals surface area contributed by atoms with E-state index in [0.717, 1.165) is 51.4 Å². The summed E-state index contributed by atoms with van der Waals surface area (Å²) in [5, 5.41) is 10.9. The van der Waals surface area contributed by atoms with E-state index in [-0.39, 0.29) is 13.2 Å². The minimum absolute atomic E-state index is 0.191. The lowest BCUT2D eigenvalue weighted by atomic mass is 9.93. The van der Waals surface area contributed by atoms with Gasteiger partial charge in [0.25, 0.3) is 0 Å². The Morgan fingerprint density at radius 3 is 1.01 bits per heavy atom. The molecule has 0 aliphatic heterocycles. The molecule has 0 aliphatic rings. The smallest absolute Gasteiger partial charge is 0.338 e. The molecule has 412 valence electrons. The van der Waals surface area contributed by atoms with Gasteiger partial charge in [-0.3, -0.25) is 0 Å². The van der Waals surface area contributed by atoms with Gasteiger partial charge in [0.15, 0.2) is 11.5 Å². The molecule has 0 saturated carbocycles. The molecule has 0 heterocycles. The maximum atomic E-state index is 13.7. The number of carbonyl (C=O) groups excluding carboxylic acids is 1. The zero-order valence-electron chi connectivity index (χ0n) is 47.4. The number of carbonyl (C=O) groups is 1. The number of methoxy groups -OCH3 is 1. The fourth-order valence-corrected chi connectivity index (χ4v) is 9.82. The standard InChI is InChI=1S/C63H118O7/c1-6-10-14-17-20-23-26-29-32-35-38-41-44-47-51-68-59-54-58(63(65)66-5)60(57(55-64)56-67-50-13-9-4)62(70-53-49-46-43-40-37-34-31-28-25-22-19-16-12-8-3)61(59)69-52-48-45-42-39-36-33-30-27-24-21-18-15-11-7-2/h54,57,64H,6-53,55-56H2,1-5H3. The van der Waals surface area contributed by atoms with E-state index in [9.17, 15) is 9.90 Å². The fraction of sp³-hybridized carbons (Fsp3) is 0.889. The molecule has 1 rings (SSSR count). The summed E-state index contributed by atoms with van der Waals surface area (Å²) in [4.78, 5) is 13.7. The SMILES string of the molecule is CCCCCCCCCCCCCCCCOc1cc(C(=O)OC)c(C(CO)COCCCC)c(OCCCCCCCCCCCCCCCC)c1OCCCCCCCCCCCCCCCC. The summed E-state index contributed by atoms with van der Waals surface area (Å²) in [6.45, 7) is 11.3. The monoisotopic (exact) mass is 987 g/mol. The number of aliphatic hydroxyl groups is 1. The van der Waals surface area contributed by atoms with Gasteiger partial charge in [-0.25, -0.2) is 4.79 Å². The first kappa shape index (κ1) is 66.0. The highest BCUT2D eigenvalue weighted by Gasteiger charge is 2.31. The van der Waals surface area contributed by atoms with E-state index in [2.05, 4.69) is 27.7 Å². The molecule has 1 aromatic rings. The summed E-state index contributed by atoms with van der Waals surface area (Å²) in [6, 6.07) is 1.79. The lowest BCUT2D eigenvalue weighted by Gasteiger charge is -2.26. The van der Waals surface area contributed by atoms with Crippen molar-refractivity contribution in [3.8, 4) is 17.2 Å². The Morgan fingerprint density at radius 2 is 0.700 bits per heavy atom. The Labute approximate surface area is 435 Å². The van der Waals surface area contributed by atoms with Crippen molar-refractivity contribution in [3.63, 3.8) is 0 Å². The second-order valence-corrected chi connectivity index (χ2v) is 21.1. The number of esters is 1. The summed E-state index contributed by atoms with van der Waals surface area (Å²) in [5.74, 6) is 0.643. The molecule has 1 atom stereocenters. The second-order valence-electron chi connectivity index (χ2n) is 21.1. The second kappa shape index (κ2) is 51.9. The van der Waals surface area contributed by atoms with Gasteiger partial charge in [-0.15, -0.1) is 0 Å². The van der Waals surface area contributed by atoms with Gasteiger partial charge in [-0.2, -0.15) is 0 Å². The van der Waals surface area contributed by atoms with Gasteiger partial charge >= 0.3 is 5.97 Å². The first-order chi connectivity index (χ1) is 34.6. The lowest BCUT2D eigenvalue weighted by Crippen LogP contribution is -2.20. The van der Waals surface area contributed by atoms with Gasteiger partial charge in [0.05, 0.1) is 45.7 Å². The van der Waals surface area contributed by atoms with Crippen molar-refractivity contribution in [1.82, 2.24) is 0 Å². The van der Waals surface area contributed by atoms with E-state index in [1.807, 2.05) is 0 Å². The third-order valence-electron chi connectivity index (χ3n) is 14.5. The van der Waals surface area contributed by atoms with Crippen LogP contribution in [0, 0.1) is 0 Å². The van der Waals surface area contributed by atoms with E-state index in [1.54, 1.807) is 6.07 Å². The van der Waals surface area contributed by atoms with Crippen molar-refractivity contribution in [1.29, 1.82) is 0 Å². The van der Waals surface area contributed by atoms with Crippen LogP contribution in [0.5, 0.6) is 17.2 Å². The maximum absolute atomic E-state index is 13.7. The number of rotatable bonds is 56. The molecule has 7 nitrogen and oxygen atoms in total. The summed E-state index contributed by atoms with van der Waals surface area (Å²) >= 11 is 0. The minimum atomic E-state index is -0.486. The van der Waals surface area contributed by atoms with Gasteiger partial charge in [-0.05, 0) is 31.7 Å². The van der Waals surface area contributed by atoms with Crippen LogP contribution in [0.15, 0.2) is 6.07 Å². The number of hydrogen-bond donors (Lipinski definition) is 1. The molecular formula is C63H118O7. The summed E-state index contributed by atoms with van der Waals surface area (Å²) in [5.41, 5.74) is 0.965. The maximum Gasteiger partial charge on any atom is 0.338 e. The average Bonchev–Trinajstić information content (AvgIpc) is 3.37. The average molecular weight is 988 g/mol. The van der Waals surface area contributed by atoms with Gasteiger partial charge in [0.1, 0.15) is 0 Å². The molecule has 1 N–H and O–H groups in total. The van der Waals surface area contributed by atoms with Crippen molar-refractivity contribution in [2.24, 2.45) is 0 Å². The van der Waals surface area contributed by atoms with Crippen LogP contribution in [0.4, 0.5) is 0 Å². The molecule has 0 aromatic heterocycles. The topological polar surface area (TPSA) is 83.5 Å². The third kappa shape index (κ3) is 36.8. The molecule has 0 aliphatic carbocycles. The van der Waals surface area contributed by atoms with Crippen LogP contribution in [0.25, 0.3) is 0 Å². The Hall–Kier alpha value is -1.99. The number of unbranched alkanes of at least 4 members (excludes halogenated alkanes) is 40. The van der Waals surface area contributed by atoms with Gasteiger partial charge < -0.3 is 28.8 Å². The van der Waals surface area contributed by atoms with Crippen LogP contribution >= 0.6 is 0 Å². The van der Waals surface area contributed by atoms with E-state index >= 15 is 0 Å². The van der Waals surface area contributed by atoms with E-state index in [4.69, 9.17) is 23.7 Å². The molecule has 1 aromatic carbocycles. The van der Waals surface area contributed by atoms with E-state index in [0.29, 0.717) is 54.8 Å². The predicted octanol–water partition coefficient (Wildman–Crippen LogP) is 19.9. The van der Waals surface area contributed by atoms with Crippen LogP contribution < -0.4 is 14.2 Å². The van der Waals surface area contributed by atoms with Crippen LogP contribution in [-0.2, 0) is 9.47 Å². The van der Waals surface area contributed by atoms with Crippen molar-refractivity contribution < 1.29 is 33.6 Å². The quantitative estimate of drug-likeness (QED) is 0.0514.